The van der Waals surface area contributed by atoms with Crippen molar-refractivity contribution in [3.63, 3.8) is 0 Å². The standard InChI is InChI=1S/C18H20N2O5/c1-19(10-15(21)22)16(23)11-7-8-13-14(9-11)18(25)20(17(13)24)12-5-3-2-4-6-12/h7-9,12H,2-6,10H2,1H3,(H,21,22). The number of hydrogen-bond acceptors (Lipinski definition) is 4. The van der Waals surface area contributed by atoms with Gasteiger partial charge in [-0.15, -0.1) is 0 Å². The molecule has 0 aromatic heterocycles. The van der Waals surface area contributed by atoms with E-state index in [0.717, 1.165) is 37.0 Å². The molecule has 3 amide bonds. The first kappa shape index (κ1) is 17.1. The lowest BCUT2D eigenvalue weighted by Crippen LogP contribution is -2.40. The second-order valence-corrected chi connectivity index (χ2v) is 6.59. The minimum atomic E-state index is -1.12. The first-order chi connectivity index (χ1) is 11.9. The van der Waals surface area contributed by atoms with Crippen LogP contribution in [0.25, 0.3) is 0 Å². The van der Waals surface area contributed by atoms with Gasteiger partial charge in [0.05, 0.1) is 11.1 Å². The number of hydrogen-bond donors (Lipinski definition) is 1. The number of carbonyl (C=O) groups is 4. The quantitative estimate of drug-likeness (QED) is 0.840. The van der Waals surface area contributed by atoms with Gasteiger partial charge < -0.3 is 10.0 Å². The molecule has 0 atom stereocenters. The molecule has 1 fully saturated rings. The first-order valence-electron chi connectivity index (χ1n) is 8.39. The summed E-state index contributed by atoms with van der Waals surface area (Å²) < 4.78 is 0. The highest BCUT2D eigenvalue weighted by molar-refractivity contribution is 6.22. The molecule has 0 saturated heterocycles. The van der Waals surface area contributed by atoms with Gasteiger partial charge in [0.2, 0.25) is 0 Å². The van der Waals surface area contributed by atoms with E-state index in [1.54, 1.807) is 0 Å². The van der Waals surface area contributed by atoms with Crippen molar-refractivity contribution in [3.8, 4) is 0 Å². The van der Waals surface area contributed by atoms with Gasteiger partial charge in [-0.25, -0.2) is 0 Å². The van der Waals surface area contributed by atoms with Gasteiger partial charge in [0.25, 0.3) is 17.7 Å². The fraction of sp³-hybridized carbons (Fsp3) is 0.444. The maximum atomic E-state index is 12.7. The molecular formula is C18H20N2O5. The summed E-state index contributed by atoms with van der Waals surface area (Å²) in [6.07, 6.45) is 4.76. The molecule has 0 bridgehead atoms. The lowest BCUT2D eigenvalue weighted by atomic mass is 9.94. The van der Waals surface area contributed by atoms with Crippen molar-refractivity contribution in [2.24, 2.45) is 0 Å². The minimum absolute atomic E-state index is 0.0741. The topological polar surface area (TPSA) is 95.0 Å². The van der Waals surface area contributed by atoms with Crippen LogP contribution in [0, 0.1) is 0 Å². The molecule has 2 aliphatic rings. The van der Waals surface area contributed by atoms with Crippen molar-refractivity contribution in [1.82, 2.24) is 9.80 Å². The largest absolute Gasteiger partial charge is 0.480 e. The van der Waals surface area contributed by atoms with Crippen LogP contribution in [0.1, 0.15) is 63.2 Å². The summed E-state index contributed by atoms with van der Waals surface area (Å²) in [5, 5.41) is 8.79. The van der Waals surface area contributed by atoms with Gasteiger partial charge in [-0.2, -0.15) is 0 Å². The number of nitrogens with zero attached hydrogens (tertiary/aromatic N) is 2. The highest BCUT2D eigenvalue weighted by atomic mass is 16.4. The van der Waals surface area contributed by atoms with Crippen molar-refractivity contribution in [1.29, 1.82) is 0 Å². The Kier molecular flexibility index (Phi) is 4.57. The van der Waals surface area contributed by atoms with Gasteiger partial charge in [-0.05, 0) is 31.0 Å². The van der Waals surface area contributed by atoms with E-state index < -0.39 is 18.4 Å². The van der Waals surface area contributed by atoms with Crippen LogP contribution in [-0.2, 0) is 4.79 Å². The van der Waals surface area contributed by atoms with Gasteiger partial charge in [0, 0.05) is 18.7 Å². The molecule has 1 aromatic carbocycles. The highest BCUT2D eigenvalue weighted by Crippen LogP contribution is 2.31. The number of aliphatic carboxylic acids is 1. The summed E-state index contributed by atoms with van der Waals surface area (Å²) >= 11 is 0. The summed E-state index contributed by atoms with van der Waals surface area (Å²) in [5.41, 5.74) is 0.743. The van der Waals surface area contributed by atoms with Crippen molar-refractivity contribution < 1.29 is 24.3 Å². The molecule has 1 aliphatic carbocycles. The number of carboxylic acid groups (broad SMARTS) is 1. The van der Waals surface area contributed by atoms with Crippen molar-refractivity contribution in [2.45, 2.75) is 38.1 Å². The Labute approximate surface area is 145 Å². The second-order valence-electron chi connectivity index (χ2n) is 6.59. The third-order valence-corrected chi connectivity index (χ3v) is 4.82. The Hall–Kier alpha value is -2.70. The summed E-state index contributed by atoms with van der Waals surface area (Å²) in [4.78, 5) is 50.8. The van der Waals surface area contributed by atoms with Crippen molar-refractivity contribution in [3.05, 3.63) is 34.9 Å². The number of carbonyl (C=O) groups excluding carboxylic acids is 3. The Bertz CT molecular complexity index is 752. The van der Waals surface area contributed by atoms with E-state index in [4.69, 9.17) is 5.11 Å². The average molecular weight is 344 g/mol. The third-order valence-electron chi connectivity index (χ3n) is 4.82. The molecule has 1 aliphatic heterocycles. The molecule has 1 heterocycles. The fourth-order valence-corrected chi connectivity index (χ4v) is 3.56. The summed E-state index contributed by atoms with van der Waals surface area (Å²) in [5.74, 6) is -2.28. The monoisotopic (exact) mass is 344 g/mol. The van der Waals surface area contributed by atoms with Crippen LogP contribution >= 0.6 is 0 Å². The average Bonchev–Trinajstić information content (AvgIpc) is 2.85. The van der Waals surface area contributed by atoms with Crippen LogP contribution < -0.4 is 0 Å². The van der Waals surface area contributed by atoms with Gasteiger partial charge in [-0.3, -0.25) is 24.1 Å². The zero-order valence-corrected chi connectivity index (χ0v) is 14.0. The number of benzene rings is 1. The van der Waals surface area contributed by atoms with Gasteiger partial charge >= 0.3 is 5.97 Å². The van der Waals surface area contributed by atoms with E-state index in [2.05, 4.69) is 0 Å². The Morgan fingerprint density at radius 1 is 1.12 bits per heavy atom. The summed E-state index contributed by atoms with van der Waals surface area (Å²) in [7, 11) is 1.38. The normalized spacial score (nSPS) is 17.6. The molecule has 7 heteroatoms. The number of fused-ring (bicyclic) bond motifs is 1. The fourth-order valence-electron chi connectivity index (χ4n) is 3.56. The number of rotatable bonds is 4. The minimum Gasteiger partial charge on any atom is -0.480 e. The lowest BCUT2D eigenvalue weighted by Gasteiger charge is -2.29. The van der Waals surface area contributed by atoms with E-state index >= 15 is 0 Å². The van der Waals surface area contributed by atoms with E-state index in [0.29, 0.717) is 5.56 Å². The summed E-state index contributed by atoms with van der Waals surface area (Å²) in [6, 6.07) is 4.28. The predicted octanol–water partition coefficient (Wildman–Crippen LogP) is 1.77. The maximum absolute atomic E-state index is 12.7. The molecule has 1 aromatic rings. The number of amides is 3. The van der Waals surface area contributed by atoms with Gasteiger partial charge in [-0.1, -0.05) is 19.3 Å². The molecule has 0 spiro atoms. The van der Waals surface area contributed by atoms with Crippen LogP contribution in [-0.4, -0.2) is 58.2 Å². The van der Waals surface area contributed by atoms with E-state index in [9.17, 15) is 19.2 Å². The Balaban J connectivity index is 1.86. The van der Waals surface area contributed by atoms with Crippen LogP contribution in [0.2, 0.25) is 0 Å². The van der Waals surface area contributed by atoms with Crippen LogP contribution in [0.15, 0.2) is 18.2 Å². The molecule has 0 radical (unpaired) electrons. The highest BCUT2D eigenvalue weighted by Gasteiger charge is 2.40. The molecule has 0 unspecified atom stereocenters. The molecule has 1 N–H and O–H groups in total. The molecule has 1 saturated carbocycles. The second kappa shape index (κ2) is 6.66. The summed E-state index contributed by atoms with van der Waals surface area (Å²) in [6.45, 7) is -0.434. The van der Waals surface area contributed by atoms with Crippen LogP contribution in [0.4, 0.5) is 0 Å². The van der Waals surface area contributed by atoms with Gasteiger partial charge in [0.15, 0.2) is 0 Å². The van der Waals surface area contributed by atoms with E-state index in [1.807, 2.05) is 0 Å². The van der Waals surface area contributed by atoms with Crippen molar-refractivity contribution >= 4 is 23.7 Å². The zero-order chi connectivity index (χ0) is 18.1. The Morgan fingerprint density at radius 3 is 2.40 bits per heavy atom. The Morgan fingerprint density at radius 2 is 1.76 bits per heavy atom. The molecule has 25 heavy (non-hydrogen) atoms. The van der Waals surface area contributed by atoms with E-state index in [-0.39, 0.29) is 29.0 Å². The third kappa shape index (κ3) is 3.14. The smallest absolute Gasteiger partial charge is 0.323 e. The number of carboxylic acids is 1. The SMILES string of the molecule is CN(CC(=O)O)C(=O)c1ccc2c(c1)C(=O)N(C1CCCCC1)C2=O. The first-order valence-corrected chi connectivity index (χ1v) is 8.39. The van der Waals surface area contributed by atoms with Crippen molar-refractivity contribution in [2.75, 3.05) is 13.6 Å². The molecule has 7 nitrogen and oxygen atoms in total. The maximum Gasteiger partial charge on any atom is 0.323 e. The van der Waals surface area contributed by atoms with E-state index in [1.165, 1.54) is 30.1 Å². The number of likely N-dealkylation sites (N-methyl/N-ethyl adjacent to an activating group) is 1. The molecule has 3 rings (SSSR count). The zero-order valence-electron chi connectivity index (χ0n) is 14.0. The van der Waals surface area contributed by atoms with Crippen LogP contribution in [0.3, 0.4) is 0 Å². The predicted molar refractivity (Wildman–Crippen MR) is 88.4 cm³/mol. The lowest BCUT2D eigenvalue weighted by molar-refractivity contribution is -0.137. The van der Waals surface area contributed by atoms with Crippen LogP contribution in [0.5, 0.6) is 0 Å². The van der Waals surface area contributed by atoms with Gasteiger partial charge in [0.1, 0.15) is 6.54 Å². The number of imide groups is 1. The molecule has 132 valence electrons. The molecular weight excluding hydrogens is 324 g/mol.